The molecule has 3 N–H and O–H groups in total. The highest BCUT2D eigenvalue weighted by molar-refractivity contribution is 5.78. The first-order valence-corrected chi connectivity index (χ1v) is 10.6. The molecule has 0 aromatic heterocycles. The van der Waals surface area contributed by atoms with Crippen LogP contribution in [0.3, 0.4) is 0 Å². The second kappa shape index (κ2) is 11.4. The number of hydrogen-bond acceptors (Lipinski definition) is 4. The molecule has 1 aliphatic carbocycles. The standard InChI is InChI=1S/C22H40N2O4/c1-15(2)12-17(20(26)23-6)14-19(25)18(13-16-10-8-7-9-11-16)24-21(27)28-22(3,4)5/h16-19,25H,1,7-14H2,2-6H3,(H,23,26)(H,24,27)/t17-,18+,19+/m1/s1. The zero-order valence-electron chi connectivity index (χ0n) is 18.3. The van der Waals surface area contributed by atoms with Crippen LogP contribution in [-0.2, 0) is 9.53 Å². The van der Waals surface area contributed by atoms with Crippen molar-refractivity contribution in [1.82, 2.24) is 10.6 Å². The molecule has 0 bridgehead atoms. The van der Waals surface area contributed by atoms with Gasteiger partial charge in [0, 0.05) is 13.0 Å². The third-order valence-corrected chi connectivity index (χ3v) is 5.22. The lowest BCUT2D eigenvalue weighted by Crippen LogP contribution is -2.48. The Morgan fingerprint density at radius 2 is 1.82 bits per heavy atom. The van der Waals surface area contributed by atoms with Crippen LogP contribution in [0.25, 0.3) is 0 Å². The monoisotopic (exact) mass is 396 g/mol. The molecule has 6 nitrogen and oxygen atoms in total. The lowest BCUT2D eigenvalue weighted by atomic mass is 9.82. The maximum Gasteiger partial charge on any atom is 0.407 e. The first kappa shape index (κ1) is 24.5. The van der Waals surface area contributed by atoms with Gasteiger partial charge in [-0.2, -0.15) is 0 Å². The van der Waals surface area contributed by atoms with Crippen LogP contribution in [0.15, 0.2) is 12.2 Å². The summed E-state index contributed by atoms with van der Waals surface area (Å²) in [4.78, 5) is 24.6. The van der Waals surface area contributed by atoms with Crippen LogP contribution in [0.5, 0.6) is 0 Å². The molecule has 3 atom stereocenters. The van der Waals surface area contributed by atoms with Gasteiger partial charge in [0.2, 0.25) is 5.91 Å². The molecule has 6 heteroatoms. The van der Waals surface area contributed by atoms with Crippen LogP contribution in [0.4, 0.5) is 4.79 Å². The maximum atomic E-state index is 12.3. The van der Waals surface area contributed by atoms with E-state index in [1.165, 1.54) is 19.3 Å². The summed E-state index contributed by atoms with van der Waals surface area (Å²) >= 11 is 0. The Morgan fingerprint density at radius 3 is 2.32 bits per heavy atom. The minimum atomic E-state index is -0.823. The maximum absolute atomic E-state index is 12.3. The molecular weight excluding hydrogens is 356 g/mol. The van der Waals surface area contributed by atoms with Crippen molar-refractivity contribution in [2.24, 2.45) is 11.8 Å². The molecule has 1 saturated carbocycles. The van der Waals surface area contributed by atoms with E-state index in [2.05, 4.69) is 17.2 Å². The van der Waals surface area contributed by atoms with Crippen molar-refractivity contribution < 1.29 is 19.4 Å². The highest BCUT2D eigenvalue weighted by Crippen LogP contribution is 2.29. The lowest BCUT2D eigenvalue weighted by Gasteiger charge is -2.32. The number of hydrogen-bond donors (Lipinski definition) is 3. The quantitative estimate of drug-likeness (QED) is 0.515. The van der Waals surface area contributed by atoms with Crippen LogP contribution < -0.4 is 10.6 Å². The van der Waals surface area contributed by atoms with Crippen molar-refractivity contribution in [2.75, 3.05) is 7.05 Å². The first-order chi connectivity index (χ1) is 13.0. The van der Waals surface area contributed by atoms with Crippen molar-refractivity contribution in [2.45, 2.75) is 96.8 Å². The highest BCUT2D eigenvalue weighted by atomic mass is 16.6. The average Bonchev–Trinajstić information content (AvgIpc) is 2.58. The third-order valence-electron chi connectivity index (χ3n) is 5.22. The minimum absolute atomic E-state index is 0.115. The number of rotatable bonds is 9. The van der Waals surface area contributed by atoms with Crippen LogP contribution in [0.1, 0.15) is 79.1 Å². The normalized spacial score (nSPS) is 18.6. The number of alkyl carbamates (subject to hydrolysis) is 1. The van der Waals surface area contributed by atoms with Gasteiger partial charge < -0.3 is 20.5 Å². The number of ether oxygens (including phenoxy) is 1. The molecule has 0 spiro atoms. The second-order valence-electron chi connectivity index (χ2n) is 9.27. The van der Waals surface area contributed by atoms with Crippen LogP contribution in [-0.4, -0.2) is 41.9 Å². The molecular formula is C22H40N2O4. The van der Waals surface area contributed by atoms with E-state index in [0.717, 1.165) is 18.4 Å². The highest BCUT2D eigenvalue weighted by Gasteiger charge is 2.31. The molecule has 1 fully saturated rings. The van der Waals surface area contributed by atoms with Crippen molar-refractivity contribution in [1.29, 1.82) is 0 Å². The summed E-state index contributed by atoms with van der Waals surface area (Å²) in [5.41, 5.74) is 0.291. The smallest absolute Gasteiger partial charge is 0.407 e. The molecule has 0 aromatic rings. The molecule has 0 aromatic carbocycles. The van der Waals surface area contributed by atoms with Gasteiger partial charge in [0.1, 0.15) is 5.60 Å². The SMILES string of the molecule is C=C(C)C[C@H](C[C@H](O)[C@H](CC1CCCCC1)NC(=O)OC(C)(C)C)C(=O)NC. The summed E-state index contributed by atoms with van der Waals surface area (Å²) < 4.78 is 5.39. The molecule has 28 heavy (non-hydrogen) atoms. The van der Waals surface area contributed by atoms with Gasteiger partial charge in [-0.15, -0.1) is 6.58 Å². The van der Waals surface area contributed by atoms with Crippen molar-refractivity contribution in [3.63, 3.8) is 0 Å². The summed E-state index contributed by atoms with van der Waals surface area (Å²) in [5.74, 6) is -0.00884. The van der Waals surface area contributed by atoms with Gasteiger partial charge in [-0.1, -0.05) is 37.7 Å². The largest absolute Gasteiger partial charge is 0.444 e. The molecule has 0 unspecified atom stereocenters. The summed E-state index contributed by atoms with van der Waals surface area (Å²) in [5, 5.41) is 16.5. The number of carbonyl (C=O) groups excluding carboxylic acids is 2. The molecule has 0 heterocycles. The summed E-state index contributed by atoms with van der Waals surface area (Å²) in [6.45, 7) is 11.2. The Bertz CT molecular complexity index is 521. The summed E-state index contributed by atoms with van der Waals surface area (Å²) in [6, 6.07) is -0.435. The van der Waals surface area contributed by atoms with Gasteiger partial charge in [-0.05, 0) is 52.9 Å². The van der Waals surface area contributed by atoms with E-state index < -0.39 is 23.8 Å². The number of nitrogens with one attached hydrogen (secondary N) is 2. The Kier molecular flexibility index (Phi) is 10.0. The Morgan fingerprint density at radius 1 is 1.21 bits per heavy atom. The van der Waals surface area contributed by atoms with E-state index in [-0.39, 0.29) is 18.2 Å². The predicted molar refractivity (Wildman–Crippen MR) is 112 cm³/mol. The Labute approximate surface area is 170 Å². The second-order valence-corrected chi connectivity index (χ2v) is 9.27. The van der Waals surface area contributed by atoms with Crippen LogP contribution >= 0.6 is 0 Å². The zero-order valence-corrected chi connectivity index (χ0v) is 18.3. The fraction of sp³-hybridized carbons (Fsp3) is 0.818. The van der Waals surface area contributed by atoms with E-state index in [0.29, 0.717) is 18.8 Å². The van der Waals surface area contributed by atoms with E-state index in [1.54, 1.807) is 7.05 Å². The van der Waals surface area contributed by atoms with Gasteiger partial charge >= 0.3 is 6.09 Å². The van der Waals surface area contributed by atoms with E-state index >= 15 is 0 Å². The Balaban J connectivity index is 2.85. The van der Waals surface area contributed by atoms with Gasteiger partial charge in [0.15, 0.2) is 0 Å². The number of aliphatic hydroxyl groups is 1. The molecule has 1 aliphatic rings. The van der Waals surface area contributed by atoms with Crippen LogP contribution in [0, 0.1) is 11.8 Å². The third kappa shape index (κ3) is 9.58. The van der Waals surface area contributed by atoms with Gasteiger partial charge in [-0.3, -0.25) is 4.79 Å². The molecule has 0 aliphatic heterocycles. The molecule has 0 saturated heterocycles. The lowest BCUT2D eigenvalue weighted by molar-refractivity contribution is -0.125. The Hall–Kier alpha value is -1.56. The van der Waals surface area contributed by atoms with Crippen molar-refractivity contribution in [3.8, 4) is 0 Å². The zero-order chi connectivity index (χ0) is 21.3. The molecule has 2 amide bonds. The fourth-order valence-electron chi connectivity index (χ4n) is 3.92. The number of allylic oxidation sites excluding steroid dienone is 1. The van der Waals surface area contributed by atoms with Gasteiger partial charge in [0.25, 0.3) is 0 Å². The topological polar surface area (TPSA) is 87.7 Å². The van der Waals surface area contributed by atoms with E-state index in [4.69, 9.17) is 4.74 Å². The minimum Gasteiger partial charge on any atom is -0.444 e. The number of carbonyl (C=O) groups is 2. The van der Waals surface area contributed by atoms with Gasteiger partial charge in [0.05, 0.1) is 12.1 Å². The summed E-state index contributed by atoms with van der Waals surface area (Å²) in [7, 11) is 1.60. The molecule has 1 rings (SSSR count). The number of amides is 2. The fourth-order valence-corrected chi connectivity index (χ4v) is 3.92. The van der Waals surface area contributed by atoms with E-state index in [1.807, 2.05) is 27.7 Å². The van der Waals surface area contributed by atoms with Crippen molar-refractivity contribution in [3.05, 3.63) is 12.2 Å². The van der Waals surface area contributed by atoms with Crippen molar-refractivity contribution >= 4 is 12.0 Å². The van der Waals surface area contributed by atoms with E-state index in [9.17, 15) is 14.7 Å². The average molecular weight is 397 g/mol. The van der Waals surface area contributed by atoms with Gasteiger partial charge in [-0.25, -0.2) is 4.79 Å². The summed E-state index contributed by atoms with van der Waals surface area (Å²) in [6.07, 6.45) is 6.01. The number of aliphatic hydroxyl groups excluding tert-OH is 1. The first-order valence-electron chi connectivity index (χ1n) is 10.6. The molecule has 0 radical (unpaired) electrons. The van der Waals surface area contributed by atoms with Crippen LogP contribution in [0.2, 0.25) is 0 Å². The molecule has 162 valence electrons. The predicted octanol–water partition coefficient (Wildman–Crippen LogP) is 3.93.